The summed E-state index contributed by atoms with van der Waals surface area (Å²) in [6.07, 6.45) is 0.550. The molecule has 1 atom stereocenters. The lowest BCUT2D eigenvalue weighted by atomic mass is 9.99. The van der Waals surface area contributed by atoms with Crippen molar-refractivity contribution in [3.8, 4) is 5.75 Å². The summed E-state index contributed by atoms with van der Waals surface area (Å²) in [7, 11) is 1.44. The summed E-state index contributed by atoms with van der Waals surface area (Å²) < 4.78 is 18.1. The first-order valence-corrected chi connectivity index (χ1v) is 8.82. The fraction of sp³-hybridized carbons (Fsp3) is 0.211. The van der Waals surface area contributed by atoms with E-state index in [1.54, 1.807) is 12.1 Å². The van der Waals surface area contributed by atoms with Crippen molar-refractivity contribution in [1.82, 2.24) is 10.3 Å². The van der Waals surface area contributed by atoms with Crippen LogP contribution in [-0.2, 0) is 17.8 Å². The smallest absolute Gasteiger partial charge is 0.321 e. The monoisotopic (exact) mass is 420 g/mol. The summed E-state index contributed by atoms with van der Waals surface area (Å²) in [6, 6.07) is 12.2. The molecule has 5 nitrogen and oxygen atoms in total. The third-order valence-corrected chi connectivity index (χ3v) is 4.74. The summed E-state index contributed by atoms with van der Waals surface area (Å²) in [5, 5.41) is 13.1. The molecule has 1 unspecified atom stereocenters. The number of carboxylic acid groups (broad SMARTS) is 1. The van der Waals surface area contributed by atoms with Crippen LogP contribution >= 0.6 is 15.9 Å². The number of carbonyl (C=O) groups is 1. The van der Waals surface area contributed by atoms with Crippen molar-refractivity contribution in [3.63, 3.8) is 0 Å². The highest BCUT2D eigenvalue weighted by molar-refractivity contribution is 9.10. The van der Waals surface area contributed by atoms with Gasteiger partial charge in [-0.05, 0) is 29.8 Å². The van der Waals surface area contributed by atoms with E-state index in [1.165, 1.54) is 13.2 Å². The Morgan fingerprint density at radius 3 is 2.77 bits per heavy atom. The molecule has 0 amide bonds. The van der Waals surface area contributed by atoms with Crippen LogP contribution in [-0.4, -0.2) is 29.2 Å². The predicted octanol–water partition coefficient (Wildman–Crippen LogP) is 3.86. The van der Waals surface area contributed by atoms with Crippen molar-refractivity contribution in [2.75, 3.05) is 7.11 Å². The first-order chi connectivity index (χ1) is 12.5. The average Bonchev–Trinajstić information content (AvgIpc) is 3.00. The lowest BCUT2D eigenvalue weighted by molar-refractivity contribution is -0.139. The Morgan fingerprint density at radius 2 is 2.08 bits per heavy atom. The van der Waals surface area contributed by atoms with E-state index in [4.69, 9.17) is 9.84 Å². The van der Waals surface area contributed by atoms with Crippen LogP contribution in [0.25, 0.3) is 10.9 Å². The van der Waals surface area contributed by atoms with E-state index >= 15 is 0 Å². The molecule has 1 aliphatic heterocycles. The van der Waals surface area contributed by atoms with Gasteiger partial charge in [-0.1, -0.05) is 34.1 Å². The van der Waals surface area contributed by atoms with Gasteiger partial charge in [0.2, 0.25) is 0 Å². The van der Waals surface area contributed by atoms with Gasteiger partial charge in [-0.15, -0.1) is 0 Å². The zero-order chi connectivity index (χ0) is 18.7. The Labute approximate surface area is 158 Å². The van der Waals surface area contributed by atoms with E-state index in [0.29, 0.717) is 17.4 Å². The summed E-state index contributed by atoms with van der Waals surface area (Å²) in [5.41, 5.74) is 3.33. The molecule has 2 aromatic carbocycles. The second-order valence-corrected chi connectivity index (χ2v) is 6.80. The molecule has 136 valence electrons. The number of rotatable bonds is 2. The highest BCUT2D eigenvalue weighted by Crippen LogP contribution is 2.26. The molecule has 2 heterocycles. The van der Waals surface area contributed by atoms with E-state index in [2.05, 4.69) is 26.2 Å². The molecule has 26 heavy (non-hydrogen) atoms. The number of carboxylic acids is 1. The van der Waals surface area contributed by atoms with Crippen LogP contribution in [0.3, 0.4) is 0 Å². The van der Waals surface area contributed by atoms with Crippen LogP contribution in [0.2, 0.25) is 0 Å². The number of aliphatic carboxylic acids is 1. The molecule has 7 heteroatoms. The highest BCUT2D eigenvalue weighted by Gasteiger charge is 2.26. The molecule has 0 spiro atoms. The highest BCUT2D eigenvalue weighted by atomic mass is 79.9. The van der Waals surface area contributed by atoms with Crippen molar-refractivity contribution >= 4 is 32.8 Å². The minimum absolute atomic E-state index is 0.267. The quantitative estimate of drug-likeness (QED) is 0.588. The number of methoxy groups -OCH3 is 1. The number of nitrogens with one attached hydrogen (secondary N) is 2. The van der Waals surface area contributed by atoms with Gasteiger partial charge in [0.25, 0.3) is 0 Å². The summed E-state index contributed by atoms with van der Waals surface area (Å²) in [5.74, 6) is -0.865. The lowest BCUT2D eigenvalue weighted by Crippen LogP contribution is -2.41. The number of halogens is 2. The number of aromatic nitrogens is 1. The number of para-hydroxylation sites is 1. The van der Waals surface area contributed by atoms with E-state index in [1.807, 2.05) is 24.3 Å². The molecule has 0 radical (unpaired) electrons. The van der Waals surface area contributed by atoms with E-state index in [-0.39, 0.29) is 11.6 Å². The van der Waals surface area contributed by atoms with Gasteiger partial charge in [-0.25, -0.2) is 4.39 Å². The molecule has 0 aliphatic carbocycles. The molecular weight excluding hydrogens is 403 g/mol. The number of hydrogen-bond donors (Lipinski definition) is 3. The van der Waals surface area contributed by atoms with Gasteiger partial charge in [0.05, 0.1) is 7.11 Å². The molecule has 0 saturated heterocycles. The van der Waals surface area contributed by atoms with Gasteiger partial charge in [0.1, 0.15) is 6.04 Å². The Balaban J connectivity index is 0.000000170. The van der Waals surface area contributed by atoms with Crippen molar-refractivity contribution in [2.45, 2.75) is 19.0 Å². The largest absolute Gasteiger partial charge is 0.494 e. The minimum atomic E-state index is -0.782. The molecule has 1 aliphatic rings. The van der Waals surface area contributed by atoms with Gasteiger partial charge >= 0.3 is 5.97 Å². The zero-order valence-corrected chi connectivity index (χ0v) is 15.6. The molecule has 3 aromatic rings. The van der Waals surface area contributed by atoms with Gasteiger partial charge in [0.15, 0.2) is 11.6 Å². The SMILES string of the molecule is COc1ccc(Br)cc1F.O=C(O)C1Cc2c([nH]c3ccccc23)CN1. The molecule has 4 rings (SSSR count). The minimum Gasteiger partial charge on any atom is -0.494 e. The first kappa shape index (κ1) is 18.4. The number of fused-ring (bicyclic) bond motifs is 3. The zero-order valence-electron chi connectivity index (χ0n) is 14.1. The second-order valence-electron chi connectivity index (χ2n) is 5.88. The molecule has 0 saturated carbocycles. The number of aromatic amines is 1. The van der Waals surface area contributed by atoms with Crippen LogP contribution in [0.5, 0.6) is 5.75 Å². The van der Waals surface area contributed by atoms with E-state index in [9.17, 15) is 9.18 Å². The summed E-state index contributed by atoms with van der Waals surface area (Å²) >= 11 is 3.13. The van der Waals surface area contributed by atoms with Gasteiger partial charge < -0.3 is 14.8 Å². The van der Waals surface area contributed by atoms with Crippen LogP contribution in [0.15, 0.2) is 46.9 Å². The average molecular weight is 421 g/mol. The van der Waals surface area contributed by atoms with Crippen LogP contribution in [0.4, 0.5) is 4.39 Å². The number of benzene rings is 2. The fourth-order valence-electron chi connectivity index (χ4n) is 2.96. The Hall–Kier alpha value is -2.38. The Bertz CT molecular complexity index is 942. The third-order valence-electron chi connectivity index (χ3n) is 4.25. The number of hydrogen-bond acceptors (Lipinski definition) is 3. The Kier molecular flexibility index (Phi) is 5.58. The van der Waals surface area contributed by atoms with Gasteiger partial charge in [0, 0.05) is 34.0 Å². The summed E-state index contributed by atoms with van der Waals surface area (Å²) in [6.45, 7) is 0.598. The molecular formula is C19H18BrFN2O3. The maximum absolute atomic E-state index is 12.7. The van der Waals surface area contributed by atoms with Crippen LogP contribution in [0.1, 0.15) is 11.3 Å². The topological polar surface area (TPSA) is 74.3 Å². The molecule has 0 fully saturated rings. The van der Waals surface area contributed by atoms with Crippen molar-refractivity contribution < 1.29 is 19.0 Å². The third kappa shape index (κ3) is 3.89. The first-order valence-electron chi connectivity index (χ1n) is 8.03. The van der Waals surface area contributed by atoms with E-state index in [0.717, 1.165) is 22.2 Å². The number of ether oxygens (including phenoxy) is 1. The van der Waals surface area contributed by atoms with Gasteiger partial charge in [-0.3, -0.25) is 10.1 Å². The predicted molar refractivity (Wildman–Crippen MR) is 101 cm³/mol. The maximum atomic E-state index is 12.7. The Morgan fingerprint density at radius 1 is 1.31 bits per heavy atom. The van der Waals surface area contributed by atoms with Crippen molar-refractivity contribution in [1.29, 1.82) is 0 Å². The second kappa shape index (κ2) is 7.88. The van der Waals surface area contributed by atoms with Crippen molar-refractivity contribution in [2.24, 2.45) is 0 Å². The number of H-pyrrole nitrogens is 1. The molecule has 3 N–H and O–H groups in total. The van der Waals surface area contributed by atoms with Crippen molar-refractivity contribution in [3.05, 3.63) is 64.0 Å². The van der Waals surface area contributed by atoms with Gasteiger partial charge in [-0.2, -0.15) is 0 Å². The van der Waals surface area contributed by atoms with Crippen LogP contribution < -0.4 is 10.1 Å². The van der Waals surface area contributed by atoms with E-state index < -0.39 is 12.0 Å². The summed E-state index contributed by atoms with van der Waals surface area (Å²) in [4.78, 5) is 14.3. The molecule has 1 aromatic heterocycles. The normalized spacial score (nSPS) is 15.7. The lowest BCUT2D eigenvalue weighted by Gasteiger charge is -2.20. The fourth-order valence-corrected chi connectivity index (χ4v) is 3.29. The molecule has 0 bridgehead atoms. The maximum Gasteiger partial charge on any atom is 0.321 e. The standard InChI is InChI=1S/C12H12N2O2.C7H6BrFO/c15-12(16)10-5-8-7-3-1-2-4-9(7)14-11(8)6-13-10;1-10-7-3-2-5(8)4-6(7)9/h1-4,10,13-14H,5-6H2,(H,15,16);2-4H,1H3. The van der Waals surface area contributed by atoms with Crippen LogP contribution in [0, 0.1) is 5.82 Å².